The third-order valence-corrected chi connectivity index (χ3v) is 8.65. The van der Waals surface area contributed by atoms with E-state index in [4.69, 9.17) is 18.9 Å². The molecule has 46 heavy (non-hydrogen) atoms. The molecule has 9 atom stereocenters. The molecule has 11 heteroatoms. The van der Waals surface area contributed by atoms with Crippen molar-refractivity contribution >= 4 is 18.0 Å². The minimum atomic E-state index is -1.29. The Balaban J connectivity index is 2.27. The summed E-state index contributed by atoms with van der Waals surface area (Å²) in [4.78, 5) is 39.9. The highest BCUT2D eigenvalue weighted by Gasteiger charge is 2.41. The van der Waals surface area contributed by atoms with Crippen molar-refractivity contribution in [3.63, 3.8) is 0 Å². The van der Waals surface area contributed by atoms with Crippen LogP contribution in [-0.4, -0.2) is 102 Å². The number of esters is 2. The average Bonchev–Trinajstić information content (AvgIpc) is 2.99. The van der Waals surface area contributed by atoms with E-state index in [1.807, 2.05) is 52.8 Å². The number of hydrogen-bond donors (Lipinski definition) is 3. The second-order valence-electron chi connectivity index (χ2n) is 13.1. The monoisotopic (exact) mass is 650 g/mol. The van der Waals surface area contributed by atoms with Gasteiger partial charge in [-0.1, -0.05) is 45.1 Å². The molecular weight excluding hydrogens is 592 g/mol. The Kier molecular flexibility index (Phi) is 16.4. The number of amides is 1. The molecule has 0 spiro atoms. The van der Waals surface area contributed by atoms with E-state index in [0.29, 0.717) is 32.6 Å². The van der Waals surface area contributed by atoms with Gasteiger partial charge in [0.2, 0.25) is 0 Å². The lowest BCUT2D eigenvalue weighted by molar-refractivity contribution is -0.158. The summed E-state index contributed by atoms with van der Waals surface area (Å²) in [7, 11) is 0. The summed E-state index contributed by atoms with van der Waals surface area (Å²) in [5.41, 5.74) is -0.498. The third-order valence-electron chi connectivity index (χ3n) is 8.65. The quantitative estimate of drug-likeness (QED) is 0.127. The number of rotatable bonds is 11. The lowest BCUT2D eigenvalue weighted by Crippen LogP contribution is -2.52. The van der Waals surface area contributed by atoms with Gasteiger partial charge in [0.05, 0.1) is 30.8 Å². The zero-order chi connectivity index (χ0) is 34.4. The van der Waals surface area contributed by atoms with E-state index in [0.717, 1.165) is 12.0 Å². The number of carbonyl (C=O) groups is 3. The smallest absolute Gasteiger partial charge is 0.410 e. The first-order chi connectivity index (χ1) is 21.6. The van der Waals surface area contributed by atoms with E-state index in [9.17, 15) is 24.6 Å². The Morgan fingerprint density at radius 1 is 1.20 bits per heavy atom. The minimum absolute atomic E-state index is 0.0308. The molecule has 0 bridgehead atoms. The van der Waals surface area contributed by atoms with Crippen LogP contribution in [0.1, 0.15) is 87.5 Å². The molecule has 2 aliphatic rings. The zero-order valence-electron chi connectivity index (χ0n) is 29.1. The average molecular weight is 651 g/mol. The van der Waals surface area contributed by atoms with Crippen LogP contribution in [0.5, 0.6) is 0 Å². The Bertz CT molecular complexity index is 1070. The van der Waals surface area contributed by atoms with Crippen LogP contribution >= 0.6 is 0 Å². The van der Waals surface area contributed by atoms with Gasteiger partial charge in [-0.3, -0.25) is 9.59 Å². The zero-order valence-corrected chi connectivity index (χ0v) is 29.1. The molecule has 3 N–H and O–H groups in total. The van der Waals surface area contributed by atoms with Gasteiger partial charge in [0.1, 0.15) is 6.10 Å². The van der Waals surface area contributed by atoms with Crippen molar-refractivity contribution < 1.29 is 43.5 Å². The number of hydrogen-bond acceptors (Lipinski definition) is 10. The van der Waals surface area contributed by atoms with Crippen LogP contribution in [0.15, 0.2) is 36.0 Å². The largest absolute Gasteiger partial charge is 0.457 e. The van der Waals surface area contributed by atoms with E-state index in [2.05, 4.69) is 18.3 Å². The molecule has 2 rings (SSSR count). The van der Waals surface area contributed by atoms with Crippen molar-refractivity contribution in [2.24, 2.45) is 11.8 Å². The molecule has 2 aliphatic heterocycles. The molecule has 0 aromatic heterocycles. The maximum Gasteiger partial charge on any atom is 0.410 e. The molecule has 0 radical (unpaired) electrons. The normalized spacial score (nSPS) is 30.3. The van der Waals surface area contributed by atoms with Gasteiger partial charge >= 0.3 is 18.0 Å². The number of allylic oxidation sites excluding steroid dienone is 3. The molecule has 1 amide bonds. The molecule has 262 valence electrons. The van der Waals surface area contributed by atoms with Gasteiger partial charge in [0, 0.05) is 39.0 Å². The maximum atomic E-state index is 13.2. The van der Waals surface area contributed by atoms with Crippen molar-refractivity contribution in [1.82, 2.24) is 10.2 Å². The van der Waals surface area contributed by atoms with E-state index in [1.54, 1.807) is 17.9 Å². The fourth-order valence-electron chi connectivity index (χ4n) is 5.78. The van der Waals surface area contributed by atoms with Gasteiger partial charge < -0.3 is 39.4 Å². The lowest BCUT2D eigenvalue weighted by Gasteiger charge is -2.38. The number of nitrogens with one attached hydrogen (secondary N) is 1. The van der Waals surface area contributed by atoms with E-state index >= 15 is 0 Å². The summed E-state index contributed by atoms with van der Waals surface area (Å²) in [5.74, 6) is -1.21. The summed E-state index contributed by atoms with van der Waals surface area (Å²) < 4.78 is 23.5. The molecule has 1 unspecified atom stereocenters. The predicted molar refractivity (Wildman–Crippen MR) is 176 cm³/mol. The molecule has 0 saturated carbocycles. The molecule has 0 aliphatic carbocycles. The van der Waals surface area contributed by atoms with Gasteiger partial charge in [0.25, 0.3) is 0 Å². The van der Waals surface area contributed by atoms with Crippen LogP contribution in [-0.2, 0) is 28.5 Å². The molecule has 0 aromatic carbocycles. The SMILES string of the molecule is CC[C@H](O)C(C)O[C@@H](C)C[C@H](C)/C=C/C=C(\C)[C@H]1OC(=O)C[C@H](O)CC[C@@](C)(OC(=O)N2CCNCC2)[C@@H](OC(C)=O)/C=C/[C@@H]1C. The standard InChI is InChI=1S/C35H58N2O9/c1-9-30(40)27(6)43-26(5)21-23(2)11-10-12-24(3)33-25(4)13-14-31(44-28(7)38)35(8,16-15-29(39)22-32(41)45-33)46-34(42)37-19-17-36-18-20-37/h10-14,23,25-27,29-31,33,36,39-40H,9,15-22H2,1-8H3/b11-10+,14-13+,24-12+/t23-,25+,26+,27?,29-,30+,31+,33-,35-/m1/s1. The maximum absolute atomic E-state index is 13.2. The summed E-state index contributed by atoms with van der Waals surface area (Å²) in [6.07, 6.45) is 6.96. The Morgan fingerprint density at radius 3 is 2.50 bits per heavy atom. The van der Waals surface area contributed by atoms with E-state index < -0.39 is 48.0 Å². The highest BCUT2D eigenvalue weighted by atomic mass is 16.6. The number of ether oxygens (including phenoxy) is 4. The first kappa shape index (κ1) is 39.4. The topological polar surface area (TPSA) is 144 Å². The highest BCUT2D eigenvalue weighted by molar-refractivity contribution is 5.71. The molecule has 1 fully saturated rings. The van der Waals surface area contributed by atoms with Crippen LogP contribution in [0, 0.1) is 11.8 Å². The Hall–Kier alpha value is -2.73. The summed E-state index contributed by atoms with van der Waals surface area (Å²) in [5, 5.41) is 24.0. The first-order valence-corrected chi connectivity index (χ1v) is 16.7. The highest BCUT2D eigenvalue weighted by Crippen LogP contribution is 2.31. The number of aliphatic hydroxyl groups excluding tert-OH is 2. The second kappa shape index (κ2) is 19.2. The number of aliphatic hydroxyl groups is 2. The van der Waals surface area contributed by atoms with Crippen LogP contribution in [0.4, 0.5) is 4.79 Å². The van der Waals surface area contributed by atoms with Crippen molar-refractivity contribution in [1.29, 1.82) is 0 Å². The number of piperazine rings is 1. The van der Waals surface area contributed by atoms with Crippen LogP contribution in [0.25, 0.3) is 0 Å². The molecular formula is C35H58N2O9. The van der Waals surface area contributed by atoms with Crippen LogP contribution in [0.3, 0.4) is 0 Å². The lowest BCUT2D eigenvalue weighted by atomic mass is 9.88. The van der Waals surface area contributed by atoms with Crippen molar-refractivity contribution in [2.45, 2.75) is 130 Å². The summed E-state index contributed by atoms with van der Waals surface area (Å²) >= 11 is 0. The summed E-state index contributed by atoms with van der Waals surface area (Å²) in [6, 6.07) is 0. The van der Waals surface area contributed by atoms with Crippen molar-refractivity contribution in [3.05, 3.63) is 36.0 Å². The second-order valence-corrected chi connectivity index (χ2v) is 13.1. The van der Waals surface area contributed by atoms with Gasteiger partial charge in [-0.05, 0) is 70.9 Å². The van der Waals surface area contributed by atoms with E-state index in [1.165, 1.54) is 6.92 Å². The fraction of sp³-hybridized carbons (Fsp3) is 0.743. The van der Waals surface area contributed by atoms with Crippen LogP contribution in [0.2, 0.25) is 0 Å². The van der Waals surface area contributed by atoms with Crippen LogP contribution < -0.4 is 5.32 Å². The van der Waals surface area contributed by atoms with Gasteiger partial charge in [-0.2, -0.15) is 0 Å². The van der Waals surface area contributed by atoms with Crippen molar-refractivity contribution in [2.75, 3.05) is 26.2 Å². The number of cyclic esters (lactones) is 1. The van der Waals surface area contributed by atoms with Gasteiger partial charge in [0.15, 0.2) is 11.7 Å². The molecule has 2 heterocycles. The predicted octanol–water partition coefficient (Wildman–Crippen LogP) is 4.46. The Morgan fingerprint density at radius 2 is 1.87 bits per heavy atom. The molecule has 1 saturated heterocycles. The van der Waals surface area contributed by atoms with Gasteiger partial charge in [-0.25, -0.2) is 4.79 Å². The summed E-state index contributed by atoms with van der Waals surface area (Å²) in [6.45, 7) is 16.9. The molecule has 0 aromatic rings. The fourth-order valence-corrected chi connectivity index (χ4v) is 5.78. The minimum Gasteiger partial charge on any atom is -0.457 e. The number of carbonyl (C=O) groups excluding carboxylic acids is 3. The van der Waals surface area contributed by atoms with E-state index in [-0.39, 0.29) is 43.3 Å². The van der Waals surface area contributed by atoms with Crippen molar-refractivity contribution in [3.8, 4) is 0 Å². The molecule has 11 nitrogen and oxygen atoms in total. The first-order valence-electron chi connectivity index (χ1n) is 16.7. The Labute approximate surface area is 275 Å². The third kappa shape index (κ3) is 13.2. The number of nitrogens with zero attached hydrogens (tertiary/aromatic N) is 1. The van der Waals surface area contributed by atoms with Gasteiger partial charge in [-0.15, -0.1) is 0 Å².